The van der Waals surface area contributed by atoms with Gasteiger partial charge in [0.05, 0.1) is 5.75 Å². The van der Waals surface area contributed by atoms with Crippen LogP contribution < -0.4 is 11.1 Å². The Labute approximate surface area is 72.1 Å². The summed E-state index contributed by atoms with van der Waals surface area (Å²) in [4.78, 5) is 10.9. The standard InChI is InChI=1S/C7H16N2OS/c1-2-4-9-7(10)6-11-5-3-8/h2-6,8H2,1H3,(H,9,10). The number of thioether (sulfide) groups is 1. The van der Waals surface area contributed by atoms with Gasteiger partial charge in [-0.1, -0.05) is 6.92 Å². The van der Waals surface area contributed by atoms with Crippen LogP contribution in [0.3, 0.4) is 0 Å². The van der Waals surface area contributed by atoms with Gasteiger partial charge in [0.1, 0.15) is 0 Å². The lowest BCUT2D eigenvalue weighted by Gasteiger charge is -2.01. The second-order valence-corrected chi connectivity index (χ2v) is 3.30. The first-order chi connectivity index (χ1) is 5.31. The highest BCUT2D eigenvalue weighted by Crippen LogP contribution is 1.95. The van der Waals surface area contributed by atoms with Gasteiger partial charge in [-0.25, -0.2) is 0 Å². The topological polar surface area (TPSA) is 55.1 Å². The van der Waals surface area contributed by atoms with Crippen molar-refractivity contribution in [2.45, 2.75) is 13.3 Å². The summed E-state index contributed by atoms with van der Waals surface area (Å²) in [6, 6.07) is 0. The highest BCUT2D eigenvalue weighted by Gasteiger charge is 1.97. The third-order valence-electron chi connectivity index (χ3n) is 1.07. The quantitative estimate of drug-likeness (QED) is 0.569. The minimum absolute atomic E-state index is 0.116. The van der Waals surface area contributed by atoms with Gasteiger partial charge < -0.3 is 11.1 Å². The number of nitrogens with two attached hydrogens (primary N) is 1. The summed E-state index contributed by atoms with van der Waals surface area (Å²) in [5, 5.41) is 2.79. The van der Waals surface area contributed by atoms with Gasteiger partial charge in [0.2, 0.25) is 5.91 Å². The zero-order chi connectivity index (χ0) is 8.53. The van der Waals surface area contributed by atoms with Crippen LogP contribution in [0.15, 0.2) is 0 Å². The number of carbonyl (C=O) groups is 1. The van der Waals surface area contributed by atoms with Crippen LogP contribution >= 0.6 is 11.8 Å². The molecule has 0 aliphatic heterocycles. The van der Waals surface area contributed by atoms with Crippen molar-refractivity contribution < 1.29 is 4.79 Å². The van der Waals surface area contributed by atoms with Gasteiger partial charge in [-0.3, -0.25) is 4.79 Å². The lowest BCUT2D eigenvalue weighted by molar-refractivity contribution is -0.118. The van der Waals surface area contributed by atoms with E-state index in [4.69, 9.17) is 5.73 Å². The molecule has 0 saturated heterocycles. The van der Waals surface area contributed by atoms with E-state index in [2.05, 4.69) is 5.32 Å². The van der Waals surface area contributed by atoms with Crippen molar-refractivity contribution in [3.05, 3.63) is 0 Å². The molecule has 0 fully saturated rings. The summed E-state index contributed by atoms with van der Waals surface area (Å²) in [6.07, 6.45) is 0.993. The van der Waals surface area contributed by atoms with Crippen molar-refractivity contribution in [3.63, 3.8) is 0 Å². The largest absolute Gasteiger partial charge is 0.355 e. The molecule has 0 unspecified atom stereocenters. The Morgan fingerprint density at radius 3 is 2.91 bits per heavy atom. The summed E-state index contributed by atoms with van der Waals surface area (Å²) in [7, 11) is 0. The first-order valence-corrected chi connectivity index (χ1v) is 5.01. The molecule has 0 aromatic rings. The Morgan fingerprint density at radius 1 is 1.64 bits per heavy atom. The van der Waals surface area contributed by atoms with E-state index in [1.807, 2.05) is 6.92 Å². The Hall–Kier alpha value is -0.220. The van der Waals surface area contributed by atoms with Crippen LogP contribution in [0.4, 0.5) is 0 Å². The van der Waals surface area contributed by atoms with Crippen molar-refractivity contribution in [1.29, 1.82) is 0 Å². The van der Waals surface area contributed by atoms with Crippen LogP contribution in [0.2, 0.25) is 0 Å². The Balaban J connectivity index is 3.09. The van der Waals surface area contributed by atoms with E-state index in [0.717, 1.165) is 18.7 Å². The van der Waals surface area contributed by atoms with Crippen LogP contribution in [0, 0.1) is 0 Å². The molecule has 0 heterocycles. The first kappa shape index (κ1) is 10.8. The second-order valence-electron chi connectivity index (χ2n) is 2.19. The van der Waals surface area contributed by atoms with E-state index in [1.165, 1.54) is 0 Å². The molecule has 1 amide bonds. The summed E-state index contributed by atoms with van der Waals surface area (Å²) in [5.74, 6) is 1.52. The molecule has 11 heavy (non-hydrogen) atoms. The summed E-state index contributed by atoms with van der Waals surface area (Å²) in [5.41, 5.74) is 5.26. The van der Waals surface area contributed by atoms with Gasteiger partial charge >= 0.3 is 0 Å². The average molecular weight is 176 g/mol. The number of amides is 1. The summed E-state index contributed by atoms with van der Waals surface area (Å²) >= 11 is 1.57. The molecule has 0 rings (SSSR count). The molecule has 0 bridgehead atoms. The van der Waals surface area contributed by atoms with E-state index in [-0.39, 0.29) is 5.91 Å². The smallest absolute Gasteiger partial charge is 0.229 e. The Morgan fingerprint density at radius 2 is 2.36 bits per heavy atom. The Bertz CT molecular complexity index is 109. The SMILES string of the molecule is CCCNC(=O)CSCCN. The number of rotatable bonds is 6. The lowest BCUT2D eigenvalue weighted by atomic mass is 10.5. The molecule has 3 nitrogen and oxygen atoms in total. The number of hydrogen-bond donors (Lipinski definition) is 2. The maximum Gasteiger partial charge on any atom is 0.229 e. The molecule has 0 aliphatic carbocycles. The normalized spacial score (nSPS) is 9.64. The Kier molecular flexibility index (Phi) is 7.72. The molecular formula is C7H16N2OS. The molecule has 0 aliphatic rings. The fourth-order valence-corrected chi connectivity index (χ4v) is 1.16. The third kappa shape index (κ3) is 7.68. The van der Waals surface area contributed by atoms with E-state index in [9.17, 15) is 4.79 Å². The fraction of sp³-hybridized carbons (Fsp3) is 0.857. The van der Waals surface area contributed by atoms with Gasteiger partial charge in [-0.2, -0.15) is 11.8 Å². The molecule has 66 valence electrons. The number of nitrogens with one attached hydrogen (secondary N) is 1. The molecule has 0 atom stereocenters. The minimum Gasteiger partial charge on any atom is -0.355 e. The van der Waals surface area contributed by atoms with Crippen LogP contribution in [0.5, 0.6) is 0 Å². The van der Waals surface area contributed by atoms with Gasteiger partial charge in [0, 0.05) is 18.8 Å². The van der Waals surface area contributed by atoms with Crippen molar-refractivity contribution in [2.75, 3.05) is 24.6 Å². The molecule has 0 spiro atoms. The maximum absolute atomic E-state index is 10.9. The van der Waals surface area contributed by atoms with Gasteiger partial charge in [-0.15, -0.1) is 0 Å². The van der Waals surface area contributed by atoms with Crippen molar-refractivity contribution in [2.24, 2.45) is 5.73 Å². The van der Waals surface area contributed by atoms with Crippen molar-refractivity contribution in [3.8, 4) is 0 Å². The molecule has 0 aromatic heterocycles. The predicted octanol–water partition coefficient (Wildman–Crippen LogP) is 0.205. The maximum atomic E-state index is 10.9. The molecular weight excluding hydrogens is 160 g/mol. The number of carbonyl (C=O) groups excluding carboxylic acids is 1. The van der Waals surface area contributed by atoms with E-state index in [1.54, 1.807) is 11.8 Å². The van der Waals surface area contributed by atoms with Crippen LogP contribution in [-0.4, -0.2) is 30.5 Å². The van der Waals surface area contributed by atoms with Gasteiger partial charge in [-0.05, 0) is 6.42 Å². The van der Waals surface area contributed by atoms with Crippen molar-refractivity contribution in [1.82, 2.24) is 5.32 Å². The molecule has 0 aromatic carbocycles. The van der Waals surface area contributed by atoms with Gasteiger partial charge in [0.15, 0.2) is 0 Å². The monoisotopic (exact) mass is 176 g/mol. The van der Waals surface area contributed by atoms with Crippen molar-refractivity contribution >= 4 is 17.7 Å². The van der Waals surface area contributed by atoms with Crippen LogP contribution in [-0.2, 0) is 4.79 Å². The zero-order valence-corrected chi connectivity index (χ0v) is 7.75. The third-order valence-corrected chi connectivity index (χ3v) is 2.06. The molecule has 0 radical (unpaired) electrons. The first-order valence-electron chi connectivity index (χ1n) is 3.85. The van der Waals surface area contributed by atoms with Gasteiger partial charge in [0.25, 0.3) is 0 Å². The zero-order valence-electron chi connectivity index (χ0n) is 6.93. The fourth-order valence-electron chi connectivity index (χ4n) is 0.564. The highest BCUT2D eigenvalue weighted by atomic mass is 32.2. The molecule has 4 heteroatoms. The lowest BCUT2D eigenvalue weighted by Crippen LogP contribution is -2.26. The minimum atomic E-state index is 0.116. The molecule has 3 N–H and O–H groups in total. The van der Waals surface area contributed by atoms with E-state index in [0.29, 0.717) is 12.3 Å². The second kappa shape index (κ2) is 7.88. The molecule has 0 saturated carbocycles. The van der Waals surface area contributed by atoms with Crippen LogP contribution in [0.25, 0.3) is 0 Å². The average Bonchev–Trinajstić information content (AvgIpc) is 2.01. The summed E-state index contributed by atoms with van der Waals surface area (Å²) in [6.45, 7) is 3.46. The summed E-state index contributed by atoms with van der Waals surface area (Å²) < 4.78 is 0. The van der Waals surface area contributed by atoms with E-state index >= 15 is 0 Å². The highest BCUT2D eigenvalue weighted by molar-refractivity contribution is 7.99. The van der Waals surface area contributed by atoms with E-state index < -0.39 is 0 Å². The predicted molar refractivity (Wildman–Crippen MR) is 49.7 cm³/mol. The number of hydrogen-bond acceptors (Lipinski definition) is 3. The van der Waals surface area contributed by atoms with Crippen LogP contribution in [0.1, 0.15) is 13.3 Å².